The summed E-state index contributed by atoms with van der Waals surface area (Å²) in [6, 6.07) is 2.48. The third-order valence-electron chi connectivity index (χ3n) is 3.79. The topological polar surface area (TPSA) is 142 Å². The van der Waals surface area contributed by atoms with Crippen molar-refractivity contribution in [3.8, 4) is 0 Å². The van der Waals surface area contributed by atoms with Crippen molar-refractivity contribution in [3.05, 3.63) is 28.8 Å². The van der Waals surface area contributed by atoms with Gasteiger partial charge in [0.15, 0.2) is 6.61 Å². The molecule has 3 N–H and O–H groups in total. The lowest BCUT2D eigenvalue weighted by Gasteiger charge is -2.21. The molecule has 9 nitrogen and oxygen atoms in total. The molecule has 0 radical (unpaired) electrons. The molecule has 0 aromatic heterocycles. The van der Waals surface area contributed by atoms with E-state index in [-0.39, 0.29) is 16.5 Å². The summed E-state index contributed by atoms with van der Waals surface area (Å²) in [6.07, 6.45) is 0.612. The van der Waals surface area contributed by atoms with Crippen LogP contribution in [0.15, 0.2) is 23.1 Å². The van der Waals surface area contributed by atoms with Gasteiger partial charge in [0, 0.05) is 0 Å². The molecule has 0 aliphatic heterocycles. The Morgan fingerprint density at radius 3 is 2.44 bits per heavy atom. The van der Waals surface area contributed by atoms with Crippen molar-refractivity contribution in [3.63, 3.8) is 0 Å². The van der Waals surface area contributed by atoms with Gasteiger partial charge in [0.25, 0.3) is 5.91 Å². The number of hydrogen-bond donors (Lipinski definition) is 2. The molecule has 0 saturated heterocycles. The summed E-state index contributed by atoms with van der Waals surface area (Å²) in [7, 11) is -2.93. The van der Waals surface area contributed by atoms with Crippen molar-refractivity contribution in [1.82, 2.24) is 5.32 Å². The van der Waals surface area contributed by atoms with Crippen molar-refractivity contribution < 1.29 is 32.3 Å². The molecule has 11 heteroatoms. The molecule has 0 unspecified atom stereocenters. The highest BCUT2D eigenvalue weighted by Gasteiger charge is 2.27. The Bertz CT molecular complexity index is 826. The summed E-state index contributed by atoms with van der Waals surface area (Å²) in [5, 5.41) is 7.31. The number of carbonyl (C=O) groups is 3. The van der Waals surface area contributed by atoms with Crippen LogP contribution in [0.25, 0.3) is 0 Å². The predicted molar refractivity (Wildman–Crippen MR) is 96.5 cm³/mol. The number of nitrogens with one attached hydrogen (secondary N) is 1. The SMILES string of the molecule is CC[C@@H](C)[C@H](NC(=O)COC(=O)c1ccc(Cl)c(S(N)(=O)=O)c1)C(=O)OC. The van der Waals surface area contributed by atoms with Gasteiger partial charge in [-0.2, -0.15) is 0 Å². The molecule has 0 heterocycles. The van der Waals surface area contributed by atoms with Crippen LogP contribution >= 0.6 is 11.6 Å². The number of esters is 2. The van der Waals surface area contributed by atoms with Crippen LogP contribution in [0.2, 0.25) is 5.02 Å². The highest BCUT2D eigenvalue weighted by atomic mass is 35.5. The Labute approximate surface area is 162 Å². The zero-order chi connectivity index (χ0) is 20.8. The third-order valence-corrected chi connectivity index (χ3v) is 5.18. The fourth-order valence-corrected chi connectivity index (χ4v) is 3.15. The van der Waals surface area contributed by atoms with Crippen LogP contribution in [0.5, 0.6) is 0 Å². The van der Waals surface area contributed by atoms with Crippen molar-refractivity contribution in [2.45, 2.75) is 31.2 Å². The van der Waals surface area contributed by atoms with Crippen LogP contribution in [0.4, 0.5) is 0 Å². The lowest BCUT2D eigenvalue weighted by Crippen LogP contribution is -2.47. The summed E-state index contributed by atoms with van der Waals surface area (Å²) in [5.74, 6) is -2.46. The Morgan fingerprint density at radius 2 is 1.93 bits per heavy atom. The monoisotopic (exact) mass is 420 g/mol. The minimum absolute atomic E-state index is 0.150. The first-order chi connectivity index (χ1) is 12.5. The van der Waals surface area contributed by atoms with Gasteiger partial charge in [-0.1, -0.05) is 31.9 Å². The quantitative estimate of drug-likeness (QED) is 0.593. The highest BCUT2D eigenvalue weighted by Crippen LogP contribution is 2.21. The molecule has 150 valence electrons. The van der Waals surface area contributed by atoms with Gasteiger partial charge in [-0.3, -0.25) is 4.79 Å². The van der Waals surface area contributed by atoms with E-state index in [2.05, 4.69) is 10.1 Å². The van der Waals surface area contributed by atoms with Gasteiger partial charge in [-0.25, -0.2) is 23.1 Å². The van der Waals surface area contributed by atoms with Crippen LogP contribution in [-0.2, 0) is 29.1 Å². The number of benzene rings is 1. The molecule has 2 atom stereocenters. The Morgan fingerprint density at radius 1 is 1.30 bits per heavy atom. The number of methoxy groups -OCH3 is 1. The predicted octanol–water partition coefficient (Wildman–Crippen LogP) is 0.848. The first-order valence-corrected chi connectivity index (χ1v) is 9.80. The molecule has 1 aromatic carbocycles. The van der Waals surface area contributed by atoms with E-state index in [4.69, 9.17) is 21.5 Å². The summed E-state index contributed by atoms with van der Waals surface area (Å²) in [4.78, 5) is 35.3. The largest absolute Gasteiger partial charge is 0.467 e. The lowest BCUT2D eigenvalue weighted by molar-refractivity contribution is -0.147. The second-order valence-corrected chi connectivity index (χ2v) is 7.66. The maximum Gasteiger partial charge on any atom is 0.338 e. The molecule has 27 heavy (non-hydrogen) atoms. The lowest BCUT2D eigenvalue weighted by atomic mass is 9.99. The smallest absolute Gasteiger partial charge is 0.338 e. The second kappa shape index (κ2) is 9.67. The molecule has 0 saturated carbocycles. The fourth-order valence-electron chi connectivity index (χ4n) is 2.07. The van der Waals surface area contributed by atoms with E-state index < -0.39 is 45.4 Å². The second-order valence-electron chi connectivity index (χ2n) is 5.72. The molecular formula is C16H21ClN2O7S. The van der Waals surface area contributed by atoms with E-state index >= 15 is 0 Å². The summed E-state index contributed by atoms with van der Waals surface area (Å²) in [5.41, 5.74) is -0.150. The van der Waals surface area contributed by atoms with Crippen LogP contribution in [-0.4, -0.2) is 46.0 Å². The number of nitrogens with two attached hydrogens (primary N) is 1. The highest BCUT2D eigenvalue weighted by molar-refractivity contribution is 7.89. The van der Waals surface area contributed by atoms with E-state index in [0.29, 0.717) is 6.42 Å². The molecule has 0 aliphatic carbocycles. The zero-order valence-electron chi connectivity index (χ0n) is 15.0. The first-order valence-electron chi connectivity index (χ1n) is 7.87. The van der Waals surface area contributed by atoms with Gasteiger partial charge in [0.2, 0.25) is 10.0 Å². The number of halogens is 1. The molecule has 1 amide bonds. The average Bonchev–Trinajstić information content (AvgIpc) is 2.62. The fraction of sp³-hybridized carbons (Fsp3) is 0.438. The Kier molecular flexibility index (Phi) is 8.20. The van der Waals surface area contributed by atoms with Crippen molar-refractivity contribution in [2.24, 2.45) is 11.1 Å². The standard InChI is InChI=1S/C16H21ClN2O7S/c1-4-9(2)14(16(22)25-3)19-13(20)8-26-15(21)10-5-6-11(17)12(7-10)27(18,23)24/h5-7,9,14H,4,8H2,1-3H3,(H,19,20)(H2,18,23,24)/t9-,14+/m1/s1. The minimum atomic E-state index is -4.13. The van der Waals surface area contributed by atoms with E-state index in [1.165, 1.54) is 19.2 Å². The molecule has 0 spiro atoms. The maximum atomic E-state index is 12.0. The number of sulfonamides is 1. The summed E-state index contributed by atoms with van der Waals surface area (Å²) < 4.78 is 32.4. The minimum Gasteiger partial charge on any atom is -0.467 e. The van der Waals surface area contributed by atoms with Crippen LogP contribution < -0.4 is 10.5 Å². The van der Waals surface area contributed by atoms with Crippen LogP contribution in [0.3, 0.4) is 0 Å². The molecule has 0 bridgehead atoms. The number of ether oxygens (including phenoxy) is 2. The summed E-state index contributed by atoms with van der Waals surface area (Å²) >= 11 is 5.74. The van der Waals surface area contributed by atoms with Gasteiger partial charge < -0.3 is 14.8 Å². The molecular weight excluding hydrogens is 400 g/mol. The molecule has 1 aromatic rings. The number of carbonyl (C=O) groups excluding carboxylic acids is 3. The molecule has 0 aliphatic rings. The van der Waals surface area contributed by atoms with Gasteiger partial charge in [-0.05, 0) is 24.1 Å². The number of rotatable bonds is 8. The number of primary sulfonamides is 1. The first kappa shape index (κ1) is 22.9. The van der Waals surface area contributed by atoms with Gasteiger partial charge in [0.1, 0.15) is 10.9 Å². The van der Waals surface area contributed by atoms with Crippen molar-refractivity contribution in [1.29, 1.82) is 0 Å². The molecule has 0 fully saturated rings. The normalized spacial score (nSPS) is 13.4. The third kappa shape index (κ3) is 6.49. The Hall–Kier alpha value is -2.17. The van der Waals surface area contributed by atoms with Crippen LogP contribution in [0.1, 0.15) is 30.6 Å². The molecule has 1 rings (SSSR count). The Balaban J connectivity index is 2.79. The number of hydrogen-bond acceptors (Lipinski definition) is 7. The van der Waals surface area contributed by atoms with E-state index in [9.17, 15) is 22.8 Å². The van der Waals surface area contributed by atoms with Crippen molar-refractivity contribution in [2.75, 3.05) is 13.7 Å². The van der Waals surface area contributed by atoms with E-state index in [0.717, 1.165) is 6.07 Å². The van der Waals surface area contributed by atoms with Gasteiger partial charge in [-0.15, -0.1) is 0 Å². The van der Waals surface area contributed by atoms with Crippen LogP contribution in [0, 0.1) is 5.92 Å². The number of amides is 1. The van der Waals surface area contributed by atoms with E-state index in [1.54, 1.807) is 6.92 Å². The summed E-state index contributed by atoms with van der Waals surface area (Å²) in [6.45, 7) is 2.93. The van der Waals surface area contributed by atoms with E-state index in [1.807, 2.05) is 6.92 Å². The van der Waals surface area contributed by atoms with Crippen molar-refractivity contribution >= 4 is 39.5 Å². The zero-order valence-corrected chi connectivity index (χ0v) is 16.6. The average molecular weight is 421 g/mol. The van der Waals surface area contributed by atoms with Gasteiger partial charge >= 0.3 is 11.9 Å². The van der Waals surface area contributed by atoms with Gasteiger partial charge in [0.05, 0.1) is 17.7 Å². The maximum absolute atomic E-state index is 12.0.